The Bertz CT molecular complexity index is 422. The molecule has 0 spiro atoms. The van der Waals surface area contributed by atoms with Crippen LogP contribution in [0.15, 0.2) is 0 Å². The van der Waals surface area contributed by atoms with Gasteiger partial charge in [0.1, 0.15) is 0 Å². The lowest BCUT2D eigenvalue weighted by atomic mass is 9.78. The molecule has 0 aromatic rings. The van der Waals surface area contributed by atoms with Crippen LogP contribution in [-0.2, 0) is 18.9 Å². The lowest BCUT2D eigenvalue weighted by molar-refractivity contribution is -0.327. The number of rotatable bonds is 6. The average molecular weight is 371 g/mol. The second-order valence-corrected chi connectivity index (χ2v) is 8.98. The lowest BCUT2D eigenvalue weighted by Crippen LogP contribution is -2.55. The van der Waals surface area contributed by atoms with E-state index in [9.17, 15) is 0 Å². The zero-order valence-electron chi connectivity index (χ0n) is 18.4. The van der Waals surface area contributed by atoms with Gasteiger partial charge in [-0.05, 0) is 44.4 Å². The van der Waals surface area contributed by atoms with Gasteiger partial charge >= 0.3 is 0 Å². The molecular weight excluding hydrogens is 328 g/mol. The molecule has 0 N–H and O–H groups in total. The molecule has 2 heterocycles. The summed E-state index contributed by atoms with van der Waals surface area (Å²) >= 11 is 0. The maximum atomic E-state index is 6.63. The minimum absolute atomic E-state index is 0.0487. The molecule has 4 heteroatoms. The normalized spacial score (nSPS) is 47.3. The molecular formula is C22H42O4. The Hall–Kier alpha value is -0.160. The van der Waals surface area contributed by atoms with E-state index in [1.165, 1.54) is 0 Å². The van der Waals surface area contributed by atoms with E-state index in [-0.39, 0.29) is 37.0 Å². The van der Waals surface area contributed by atoms with Crippen LogP contribution in [0.25, 0.3) is 0 Å². The van der Waals surface area contributed by atoms with E-state index >= 15 is 0 Å². The molecule has 2 saturated heterocycles. The minimum atomic E-state index is -0.151. The Balaban J connectivity index is 2.11. The van der Waals surface area contributed by atoms with Gasteiger partial charge in [0.05, 0.1) is 24.4 Å². The monoisotopic (exact) mass is 370 g/mol. The van der Waals surface area contributed by atoms with Gasteiger partial charge in [-0.2, -0.15) is 0 Å². The fraction of sp³-hybridized carbons (Fsp3) is 1.00. The van der Waals surface area contributed by atoms with Gasteiger partial charge in [-0.25, -0.2) is 0 Å². The van der Waals surface area contributed by atoms with Gasteiger partial charge in [-0.1, -0.05) is 48.5 Å². The van der Waals surface area contributed by atoms with Gasteiger partial charge < -0.3 is 18.9 Å². The summed E-state index contributed by atoms with van der Waals surface area (Å²) in [6, 6.07) is 0. The van der Waals surface area contributed by atoms with Crippen molar-refractivity contribution in [1.29, 1.82) is 0 Å². The van der Waals surface area contributed by atoms with Gasteiger partial charge in [0.25, 0.3) is 0 Å². The molecule has 2 rings (SSSR count). The fourth-order valence-electron chi connectivity index (χ4n) is 4.49. The van der Waals surface area contributed by atoms with Crippen LogP contribution in [0.1, 0.15) is 75.2 Å². The van der Waals surface area contributed by atoms with Crippen molar-refractivity contribution in [2.24, 2.45) is 29.6 Å². The highest BCUT2D eigenvalue weighted by molar-refractivity contribution is 4.88. The molecule has 0 bridgehead atoms. The summed E-state index contributed by atoms with van der Waals surface area (Å²) in [5.74, 6) is 2.20. The Morgan fingerprint density at radius 1 is 0.692 bits per heavy atom. The third-order valence-corrected chi connectivity index (χ3v) is 6.94. The molecule has 0 saturated carbocycles. The average Bonchev–Trinajstić information content (AvgIpc) is 2.60. The fourth-order valence-corrected chi connectivity index (χ4v) is 4.49. The van der Waals surface area contributed by atoms with Crippen LogP contribution in [-0.4, -0.2) is 37.0 Å². The molecule has 2 aliphatic heterocycles. The van der Waals surface area contributed by atoms with Crippen molar-refractivity contribution < 1.29 is 18.9 Å². The standard InChI is InChI=1S/C22H42O4/c1-10-18-14(6)13(5)16(8)22(24-18)26-20-15(7)17(9)21(23-12(3)4)25-19(20)11-2/h12-22H,10-11H2,1-9H3/t13-,14?,15+,16+,17?,18+,19+,20-,21?,22?/m0/s1. The zero-order valence-corrected chi connectivity index (χ0v) is 18.4. The van der Waals surface area contributed by atoms with Gasteiger partial charge in [0, 0.05) is 11.8 Å². The van der Waals surface area contributed by atoms with Crippen molar-refractivity contribution in [1.82, 2.24) is 0 Å². The maximum absolute atomic E-state index is 6.63. The number of hydrogen-bond acceptors (Lipinski definition) is 4. The van der Waals surface area contributed by atoms with E-state index in [2.05, 4.69) is 62.3 Å². The van der Waals surface area contributed by atoms with E-state index in [0.29, 0.717) is 29.6 Å². The van der Waals surface area contributed by atoms with E-state index in [1.54, 1.807) is 0 Å². The molecule has 26 heavy (non-hydrogen) atoms. The molecule has 2 fully saturated rings. The molecule has 10 atom stereocenters. The quantitative estimate of drug-likeness (QED) is 0.640. The molecule has 0 aromatic carbocycles. The first-order valence-electron chi connectivity index (χ1n) is 10.8. The molecule has 0 amide bonds. The highest BCUT2D eigenvalue weighted by Gasteiger charge is 2.46. The van der Waals surface area contributed by atoms with E-state index in [4.69, 9.17) is 18.9 Å². The van der Waals surface area contributed by atoms with Crippen LogP contribution >= 0.6 is 0 Å². The molecule has 0 aliphatic carbocycles. The van der Waals surface area contributed by atoms with Crippen molar-refractivity contribution in [3.63, 3.8) is 0 Å². The summed E-state index contributed by atoms with van der Waals surface area (Å²) in [5, 5.41) is 0. The first kappa shape index (κ1) is 22.1. The molecule has 0 radical (unpaired) electrons. The van der Waals surface area contributed by atoms with Gasteiger partial charge in [0.2, 0.25) is 0 Å². The van der Waals surface area contributed by atoms with Crippen LogP contribution in [0.5, 0.6) is 0 Å². The molecule has 4 unspecified atom stereocenters. The van der Waals surface area contributed by atoms with Crippen LogP contribution in [0.4, 0.5) is 0 Å². The molecule has 2 aliphatic rings. The van der Waals surface area contributed by atoms with Gasteiger partial charge in [-0.15, -0.1) is 0 Å². The van der Waals surface area contributed by atoms with Gasteiger partial charge in [0.15, 0.2) is 12.6 Å². The van der Waals surface area contributed by atoms with Crippen molar-refractivity contribution in [3.05, 3.63) is 0 Å². The van der Waals surface area contributed by atoms with Crippen LogP contribution in [0, 0.1) is 29.6 Å². The summed E-state index contributed by atoms with van der Waals surface area (Å²) in [6.45, 7) is 19.9. The predicted molar refractivity (Wildman–Crippen MR) is 105 cm³/mol. The molecule has 4 nitrogen and oxygen atoms in total. The van der Waals surface area contributed by atoms with E-state index < -0.39 is 0 Å². The summed E-state index contributed by atoms with van der Waals surface area (Å²) in [4.78, 5) is 0. The first-order chi connectivity index (χ1) is 12.2. The van der Waals surface area contributed by atoms with Crippen LogP contribution < -0.4 is 0 Å². The van der Waals surface area contributed by atoms with Crippen molar-refractivity contribution in [3.8, 4) is 0 Å². The van der Waals surface area contributed by atoms with Crippen LogP contribution in [0.2, 0.25) is 0 Å². The summed E-state index contributed by atoms with van der Waals surface area (Å²) < 4.78 is 25.4. The van der Waals surface area contributed by atoms with Crippen molar-refractivity contribution in [2.75, 3.05) is 0 Å². The molecule has 154 valence electrons. The maximum Gasteiger partial charge on any atom is 0.161 e. The zero-order chi connectivity index (χ0) is 19.6. The summed E-state index contributed by atoms with van der Waals surface area (Å²) in [6.07, 6.45) is 2.20. The minimum Gasteiger partial charge on any atom is -0.350 e. The number of hydrogen-bond donors (Lipinski definition) is 0. The third-order valence-electron chi connectivity index (χ3n) is 6.94. The second-order valence-electron chi connectivity index (χ2n) is 8.98. The Morgan fingerprint density at radius 3 is 1.77 bits per heavy atom. The van der Waals surface area contributed by atoms with Crippen molar-refractivity contribution >= 4 is 0 Å². The Labute approximate surface area is 161 Å². The Kier molecular flexibility index (Phi) is 7.97. The van der Waals surface area contributed by atoms with E-state index in [1.807, 2.05) is 0 Å². The second kappa shape index (κ2) is 9.36. The Morgan fingerprint density at radius 2 is 1.23 bits per heavy atom. The SMILES string of the molecule is CC[C@H]1OC(O[C@H]2[C@H](C)C(C)C(OC(C)C)O[C@@H]2CC)[C@H](C)[C@@H](C)C1C. The summed E-state index contributed by atoms with van der Waals surface area (Å²) in [7, 11) is 0. The van der Waals surface area contributed by atoms with Crippen molar-refractivity contribution in [2.45, 2.75) is 112 Å². The smallest absolute Gasteiger partial charge is 0.161 e. The third kappa shape index (κ3) is 4.63. The summed E-state index contributed by atoms with van der Waals surface area (Å²) in [5.41, 5.74) is 0. The highest BCUT2D eigenvalue weighted by Crippen LogP contribution is 2.41. The number of ether oxygens (including phenoxy) is 4. The topological polar surface area (TPSA) is 36.9 Å². The van der Waals surface area contributed by atoms with Crippen LogP contribution in [0.3, 0.4) is 0 Å². The predicted octanol–water partition coefficient (Wildman–Crippen LogP) is 5.25. The lowest BCUT2D eigenvalue weighted by Gasteiger charge is -2.49. The first-order valence-corrected chi connectivity index (χ1v) is 10.8. The highest BCUT2D eigenvalue weighted by atomic mass is 16.7. The largest absolute Gasteiger partial charge is 0.350 e. The molecule has 0 aromatic heterocycles. The van der Waals surface area contributed by atoms with E-state index in [0.717, 1.165) is 12.8 Å². The van der Waals surface area contributed by atoms with Gasteiger partial charge in [-0.3, -0.25) is 0 Å².